The molecule has 19 heavy (non-hydrogen) atoms. The van der Waals surface area contributed by atoms with E-state index in [0.717, 1.165) is 0 Å². The topological polar surface area (TPSA) is 65.3 Å². The number of ether oxygens (including phenoxy) is 1. The third kappa shape index (κ3) is 3.42. The maximum absolute atomic E-state index is 10.7. The van der Waals surface area contributed by atoms with Crippen molar-refractivity contribution >= 4 is 17.3 Å². The van der Waals surface area contributed by atoms with Gasteiger partial charge in [0.1, 0.15) is 17.5 Å². The minimum absolute atomic E-state index is 0.0771. The third-order valence-electron chi connectivity index (χ3n) is 2.52. The van der Waals surface area contributed by atoms with Gasteiger partial charge in [0, 0.05) is 11.6 Å². The van der Waals surface area contributed by atoms with E-state index < -0.39 is 4.92 Å². The van der Waals surface area contributed by atoms with E-state index >= 15 is 0 Å². The first-order valence-corrected chi connectivity index (χ1v) is 5.93. The maximum atomic E-state index is 10.7. The molecule has 0 radical (unpaired) electrons. The number of halogens is 1. The number of aromatic nitrogens is 1. The Morgan fingerprint density at radius 2 is 2.16 bits per heavy atom. The van der Waals surface area contributed by atoms with Crippen molar-refractivity contribution in [1.29, 1.82) is 0 Å². The van der Waals surface area contributed by atoms with Gasteiger partial charge in [-0.2, -0.15) is 0 Å². The summed E-state index contributed by atoms with van der Waals surface area (Å²) in [4.78, 5) is 14.4. The number of aryl methyl sites for hydroxylation is 1. The Hall–Kier alpha value is -2.14. The molecule has 2 rings (SSSR count). The van der Waals surface area contributed by atoms with Crippen LogP contribution >= 0.6 is 11.6 Å². The van der Waals surface area contributed by atoms with Crippen LogP contribution in [0, 0.1) is 17.0 Å². The summed E-state index contributed by atoms with van der Waals surface area (Å²) in [5.74, 6) is 0.560. The molecular weight excluding hydrogens is 268 g/mol. The highest BCUT2D eigenvalue weighted by Crippen LogP contribution is 2.23. The van der Waals surface area contributed by atoms with E-state index in [9.17, 15) is 10.1 Å². The molecule has 0 aliphatic rings. The lowest BCUT2D eigenvalue weighted by Crippen LogP contribution is -1.99. The van der Waals surface area contributed by atoms with Crippen LogP contribution in [0.25, 0.3) is 0 Å². The van der Waals surface area contributed by atoms with Gasteiger partial charge in [-0.15, -0.1) is 0 Å². The summed E-state index contributed by atoms with van der Waals surface area (Å²) >= 11 is 5.77. The van der Waals surface area contributed by atoms with Crippen LogP contribution in [0.4, 0.5) is 5.69 Å². The number of hydrogen-bond acceptors (Lipinski definition) is 4. The summed E-state index contributed by atoms with van der Waals surface area (Å²) in [6.07, 6.45) is 0. The number of rotatable bonds is 4. The van der Waals surface area contributed by atoms with Gasteiger partial charge < -0.3 is 4.74 Å². The molecular formula is C13H11ClN2O3. The van der Waals surface area contributed by atoms with Crippen LogP contribution in [0.15, 0.2) is 36.4 Å². The Morgan fingerprint density at radius 3 is 2.79 bits per heavy atom. The summed E-state index contributed by atoms with van der Waals surface area (Å²) in [7, 11) is 0. The van der Waals surface area contributed by atoms with Crippen LogP contribution in [-0.2, 0) is 6.61 Å². The van der Waals surface area contributed by atoms with Gasteiger partial charge in [-0.25, -0.2) is 4.98 Å². The van der Waals surface area contributed by atoms with Crippen molar-refractivity contribution in [3.63, 3.8) is 0 Å². The molecule has 0 N–H and O–H groups in total. The molecule has 0 saturated carbocycles. The Labute approximate surface area is 115 Å². The average molecular weight is 279 g/mol. The molecule has 1 heterocycles. The van der Waals surface area contributed by atoms with Crippen molar-refractivity contribution in [3.05, 3.63) is 62.9 Å². The molecule has 0 fully saturated rings. The fraction of sp³-hybridized carbons (Fsp3) is 0.154. The van der Waals surface area contributed by atoms with Gasteiger partial charge in [-0.05, 0) is 31.2 Å². The van der Waals surface area contributed by atoms with E-state index in [2.05, 4.69) is 4.98 Å². The smallest absolute Gasteiger partial charge is 0.272 e. The number of pyridine rings is 1. The highest BCUT2D eigenvalue weighted by molar-refractivity contribution is 6.29. The molecule has 2 aromatic rings. The molecule has 0 amide bonds. The lowest BCUT2D eigenvalue weighted by Gasteiger charge is -2.07. The second-order valence-electron chi connectivity index (χ2n) is 3.95. The van der Waals surface area contributed by atoms with Crippen molar-refractivity contribution < 1.29 is 9.66 Å². The zero-order valence-electron chi connectivity index (χ0n) is 10.2. The standard InChI is InChI=1S/C13H11ClN2O3/c1-9-7-11(5-6-12(9)16(17)18)19-8-10-3-2-4-13(14)15-10/h2-7H,8H2,1H3. The van der Waals surface area contributed by atoms with E-state index in [4.69, 9.17) is 16.3 Å². The number of benzene rings is 1. The van der Waals surface area contributed by atoms with Crippen molar-refractivity contribution in [2.75, 3.05) is 0 Å². The first-order chi connectivity index (χ1) is 9.06. The van der Waals surface area contributed by atoms with Gasteiger partial charge >= 0.3 is 0 Å². The lowest BCUT2D eigenvalue weighted by atomic mass is 10.2. The van der Waals surface area contributed by atoms with Crippen molar-refractivity contribution in [2.24, 2.45) is 0 Å². The van der Waals surface area contributed by atoms with Crippen molar-refractivity contribution in [2.45, 2.75) is 13.5 Å². The van der Waals surface area contributed by atoms with Crippen molar-refractivity contribution in [3.8, 4) is 5.75 Å². The summed E-state index contributed by atoms with van der Waals surface area (Å²) < 4.78 is 5.52. The quantitative estimate of drug-likeness (QED) is 0.487. The molecule has 0 saturated heterocycles. The number of hydrogen-bond donors (Lipinski definition) is 0. The molecule has 0 aliphatic carbocycles. The van der Waals surface area contributed by atoms with Gasteiger partial charge in [0.2, 0.25) is 0 Å². The fourth-order valence-electron chi connectivity index (χ4n) is 1.61. The van der Waals surface area contributed by atoms with Crippen LogP contribution in [0.1, 0.15) is 11.3 Å². The summed E-state index contributed by atoms with van der Waals surface area (Å²) in [5, 5.41) is 11.1. The van der Waals surface area contributed by atoms with Gasteiger partial charge in [-0.1, -0.05) is 17.7 Å². The maximum Gasteiger partial charge on any atom is 0.272 e. The fourth-order valence-corrected chi connectivity index (χ4v) is 1.79. The van der Waals surface area contributed by atoms with Gasteiger partial charge in [0.25, 0.3) is 5.69 Å². The Kier molecular flexibility index (Phi) is 3.97. The van der Waals surface area contributed by atoms with E-state index in [1.165, 1.54) is 6.07 Å². The summed E-state index contributed by atoms with van der Waals surface area (Å²) in [5.41, 5.74) is 1.33. The highest BCUT2D eigenvalue weighted by atomic mass is 35.5. The highest BCUT2D eigenvalue weighted by Gasteiger charge is 2.10. The van der Waals surface area contributed by atoms with Crippen LogP contribution in [0.2, 0.25) is 5.15 Å². The van der Waals surface area contributed by atoms with Crippen LogP contribution in [0.3, 0.4) is 0 Å². The molecule has 0 bridgehead atoms. The minimum Gasteiger partial charge on any atom is -0.487 e. The van der Waals surface area contributed by atoms with Gasteiger partial charge in [0.05, 0.1) is 10.6 Å². The van der Waals surface area contributed by atoms with Crippen molar-refractivity contribution in [1.82, 2.24) is 4.98 Å². The van der Waals surface area contributed by atoms with E-state index in [1.54, 1.807) is 37.3 Å². The molecule has 1 aromatic carbocycles. The summed E-state index contributed by atoms with van der Waals surface area (Å²) in [6, 6.07) is 9.88. The van der Waals surface area contributed by atoms with Gasteiger partial charge in [0.15, 0.2) is 0 Å². The zero-order chi connectivity index (χ0) is 13.8. The van der Waals surface area contributed by atoms with Crippen LogP contribution in [-0.4, -0.2) is 9.91 Å². The van der Waals surface area contributed by atoms with Crippen LogP contribution in [0.5, 0.6) is 5.75 Å². The predicted molar refractivity (Wildman–Crippen MR) is 71.4 cm³/mol. The van der Waals surface area contributed by atoms with Crippen LogP contribution < -0.4 is 4.74 Å². The molecule has 0 atom stereocenters. The summed E-state index contributed by atoms with van der Waals surface area (Å²) in [6.45, 7) is 1.93. The Bertz CT molecular complexity index is 617. The van der Waals surface area contributed by atoms with Gasteiger partial charge in [-0.3, -0.25) is 10.1 Å². The number of nitrogens with zero attached hydrogens (tertiary/aromatic N) is 2. The first kappa shape index (κ1) is 13.3. The second-order valence-corrected chi connectivity index (χ2v) is 4.33. The van der Waals surface area contributed by atoms with E-state index in [0.29, 0.717) is 22.2 Å². The normalized spacial score (nSPS) is 10.2. The molecule has 0 unspecified atom stereocenters. The Morgan fingerprint density at radius 1 is 1.37 bits per heavy atom. The molecule has 5 nitrogen and oxygen atoms in total. The second kappa shape index (κ2) is 5.67. The number of nitro benzene ring substituents is 1. The van der Waals surface area contributed by atoms with E-state index in [-0.39, 0.29) is 12.3 Å². The van der Waals surface area contributed by atoms with E-state index in [1.807, 2.05) is 0 Å². The molecule has 0 spiro atoms. The molecule has 98 valence electrons. The predicted octanol–water partition coefficient (Wildman–Crippen LogP) is 3.53. The molecule has 6 heteroatoms. The molecule has 0 aliphatic heterocycles. The SMILES string of the molecule is Cc1cc(OCc2cccc(Cl)n2)ccc1[N+](=O)[O-]. The molecule has 1 aromatic heterocycles. The zero-order valence-corrected chi connectivity index (χ0v) is 10.9. The average Bonchev–Trinajstić information content (AvgIpc) is 2.36. The Balaban J connectivity index is 2.08. The third-order valence-corrected chi connectivity index (χ3v) is 2.73. The monoisotopic (exact) mass is 278 g/mol. The largest absolute Gasteiger partial charge is 0.487 e. The lowest BCUT2D eigenvalue weighted by molar-refractivity contribution is -0.385. The minimum atomic E-state index is -0.419. The first-order valence-electron chi connectivity index (χ1n) is 5.55. The number of nitro groups is 1.